The minimum atomic E-state index is -4.66. The Balaban J connectivity index is 2.05. The maximum Gasteiger partial charge on any atom is 0.418 e. The fraction of sp³-hybridized carbons (Fsp3) is 0.0588. The van der Waals surface area contributed by atoms with E-state index < -0.39 is 23.3 Å². The number of hydrogen-bond acceptors (Lipinski definition) is 4. The smallest absolute Gasteiger partial charge is 0.418 e. The van der Waals surface area contributed by atoms with Crippen LogP contribution in [0.2, 0.25) is 0 Å². The van der Waals surface area contributed by atoms with Crippen LogP contribution in [0.4, 0.5) is 18.9 Å². The van der Waals surface area contributed by atoms with Gasteiger partial charge in [0.2, 0.25) is 0 Å². The topological polar surface area (TPSA) is 64.4 Å². The Morgan fingerprint density at radius 1 is 1.19 bits per heavy atom. The van der Waals surface area contributed by atoms with Gasteiger partial charge in [-0.05, 0) is 58.0 Å². The molecule has 0 aromatic heterocycles. The van der Waals surface area contributed by atoms with Crippen LogP contribution in [0, 0.1) is 5.41 Å². The van der Waals surface area contributed by atoms with Crippen LogP contribution in [0.25, 0.3) is 6.08 Å². The minimum Gasteiger partial charge on any atom is -0.506 e. The minimum absolute atomic E-state index is 0.0253. The lowest BCUT2D eigenvalue weighted by Gasteiger charge is -2.19. The summed E-state index contributed by atoms with van der Waals surface area (Å²) in [6.07, 6.45) is -3.33. The first-order valence-corrected chi connectivity index (χ1v) is 9.66. The third kappa shape index (κ3) is 3.92. The average Bonchev–Trinajstić information content (AvgIpc) is 2.85. The first-order chi connectivity index (χ1) is 12.6. The van der Waals surface area contributed by atoms with Gasteiger partial charge in [-0.25, -0.2) is 0 Å². The molecule has 2 N–H and O–H groups in total. The van der Waals surface area contributed by atoms with Crippen LogP contribution in [0.5, 0.6) is 5.75 Å². The Labute approximate surface area is 172 Å². The van der Waals surface area contributed by atoms with E-state index in [1.807, 2.05) is 0 Å². The van der Waals surface area contributed by atoms with E-state index in [1.165, 1.54) is 18.2 Å². The van der Waals surface area contributed by atoms with Gasteiger partial charge in [-0.1, -0.05) is 28.1 Å². The number of amides is 1. The highest BCUT2D eigenvalue weighted by Gasteiger charge is 2.40. The number of anilines is 1. The zero-order chi connectivity index (χ0) is 19.9. The number of aromatic hydroxyl groups is 1. The second kappa shape index (κ2) is 7.33. The number of rotatable bonds is 2. The van der Waals surface area contributed by atoms with Crippen molar-refractivity contribution in [2.45, 2.75) is 6.18 Å². The average molecular weight is 522 g/mol. The summed E-state index contributed by atoms with van der Waals surface area (Å²) in [5, 5.41) is 17.8. The van der Waals surface area contributed by atoms with Crippen molar-refractivity contribution in [3.63, 3.8) is 0 Å². The van der Waals surface area contributed by atoms with Gasteiger partial charge in [-0.15, -0.1) is 0 Å². The van der Waals surface area contributed by atoms with Gasteiger partial charge in [0.1, 0.15) is 5.75 Å². The molecule has 27 heavy (non-hydrogen) atoms. The number of para-hydroxylation sites is 1. The summed E-state index contributed by atoms with van der Waals surface area (Å²) < 4.78 is 40.8. The fourth-order valence-corrected chi connectivity index (χ4v) is 4.55. The molecule has 0 aliphatic carbocycles. The number of nitrogens with one attached hydrogen (secondary N) is 1. The van der Waals surface area contributed by atoms with E-state index in [0.717, 1.165) is 23.9 Å². The standard InChI is InChI=1S/C17H9Br2F3N2O2S/c18-9-5-8(14(25)11(19)7-9)6-13-15(26)24(16(23)27-13)12-4-2-1-3-10(12)17(20,21)22/h1-7,23,25H/b13-6-,23-16?. The van der Waals surface area contributed by atoms with Crippen molar-refractivity contribution >= 4 is 66.5 Å². The molecule has 0 unspecified atom stereocenters. The maximum atomic E-state index is 13.3. The van der Waals surface area contributed by atoms with Gasteiger partial charge in [0, 0.05) is 10.0 Å². The number of carbonyl (C=O) groups is 1. The summed E-state index contributed by atoms with van der Waals surface area (Å²) in [6, 6.07) is 7.75. The highest BCUT2D eigenvalue weighted by molar-refractivity contribution is 9.11. The Morgan fingerprint density at radius 3 is 2.52 bits per heavy atom. The SMILES string of the molecule is N=C1S/C(=C\c2cc(Br)cc(Br)c2O)C(=O)N1c1ccccc1C(F)(F)F. The lowest BCUT2D eigenvalue weighted by molar-refractivity contribution is -0.137. The number of alkyl halides is 3. The predicted molar refractivity (Wildman–Crippen MR) is 106 cm³/mol. The van der Waals surface area contributed by atoms with Crippen LogP contribution < -0.4 is 4.90 Å². The third-order valence-electron chi connectivity index (χ3n) is 3.62. The van der Waals surface area contributed by atoms with E-state index in [-0.39, 0.29) is 21.4 Å². The van der Waals surface area contributed by atoms with Crippen molar-refractivity contribution in [3.05, 3.63) is 61.4 Å². The van der Waals surface area contributed by atoms with Crippen molar-refractivity contribution in [2.75, 3.05) is 4.90 Å². The lowest BCUT2D eigenvalue weighted by Crippen LogP contribution is -2.30. The fourth-order valence-electron chi connectivity index (χ4n) is 2.45. The van der Waals surface area contributed by atoms with E-state index in [0.29, 0.717) is 13.8 Å². The largest absolute Gasteiger partial charge is 0.506 e. The summed E-state index contributed by atoms with van der Waals surface area (Å²) in [6.45, 7) is 0. The van der Waals surface area contributed by atoms with Crippen molar-refractivity contribution in [2.24, 2.45) is 0 Å². The van der Waals surface area contributed by atoms with Gasteiger partial charge in [-0.2, -0.15) is 13.2 Å². The molecule has 1 heterocycles. The number of nitrogens with zero attached hydrogens (tertiary/aromatic N) is 1. The summed E-state index contributed by atoms with van der Waals surface area (Å²) in [5.41, 5.74) is -1.13. The van der Waals surface area contributed by atoms with Gasteiger partial charge in [0.05, 0.1) is 20.6 Å². The van der Waals surface area contributed by atoms with Gasteiger partial charge in [-0.3, -0.25) is 15.1 Å². The molecule has 0 atom stereocenters. The summed E-state index contributed by atoms with van der Waals surface area (Å²) in [5.74, 6) is -0.892. The van der Waals surface area contributed by atoms with Gasteiger partial charge < -0.3 is 5.11 Å². The number of phenols is 1. The summed E-state index contributed by atoms with van der Waals surface area (Å²) >= 11 is 7.16. The van der Waals surface area contributed by atoms with Gasteiger partial charge in [0.25, 0.3) is 5.91 Å². The van der Waals surface area contributed by atoms with E-state index in [2.05, 4.69) is 31.9 Å². The van der Waals surface area contributed by atoms with E-state index in [1.54, 1.807) is 12.1 Å². The Morgan fingerprint density at radius 2 is 1.85 bits per heavy atom. The van der Waals surface area contributed by atoms with Gasteiger partial charge >= 0.3 is 6.18 Å². The second-order valence-corrected chi connectivity index (χ2v) is 8.20. The highest BCUT2D eigenvalue weighted by atomic mass is 79.9. The molecule has 1 fully saturated rings. The van der Waals surface area contributed by atoms with Crippen molar-refractivity contribution in [1.82, 2.24) is 0 Å². The summed E-state index contributed by atoms with van der Waals surface area (Å²) in [4.78, 5) is 13.4. The number of phenolic OH excluding ortho intramolecular Hbond substituents is 1. The van der Waals surface area contributed by atoms with Crippen LogP contribution in [0.1, 0.15) is 11.1 Å². The van der Waals surface area contributed by atoms with Crippen molar-refractivity contribution in [3.8, 4) is 5.75 Å². The van der Waals surface area contributed by atoms with Crippen LogP contribution >= 0.6 is 43.6 Å². The Hall–Kier alpha value is -1.78. The molecule has 3 rings (SSSR count). The molecule has 140 valence electrons. The monoisotopic (exact) mass is 520 g/mol. The molecule has 0 bridgehead atoms. The van der Waals surface area contributed by atoms with E-state index in [9.17, 15) is 23.1 Å². The lowest BCUT2D eigenvalue weighted by atomic mass is 10.1. The Bertz CT molecular complexity index is 993. The van der Waals surface area contributed by atoms with Crippen LogP contribution in [0.15, 0.2) is 50.2 Å². The molecule has 1 saturated heterocycles. The molecular weight excluding hydrogens is 513 g/mol. The number of carbonyl (C=O) groups excluding carboxylic acids is 1. The molecule has 0 radical (unpaired) electrons. The predicted octanol–water partition coefficient (Wildman–Crippen LogP) is 5.99. The number of benzene rings is 2. The maximum absolute atomic E-state index is 13.3. The highest BCUT2D eigenvalue weighted by Crippen LogP contribution is 2.42. The molecule has 1 aliphatic rings. The molecule has 0 saturated carbocycles. The molecule has 10 heteroatoms. The van der Waals surface area contributed by atoms with Crippen molar-refractivity contribution in [1.29, 1.82) is 5.41 Å². The first kappa shape index (κ1) is 20.0. The summed E-state index contributed by atoms with van der Waals surface area (Å²) in [7, 11) is 0. The van der Waals surface area contributed by atoms with E-state index in [4.69, 9.17) is 5.41 Å². The van der Waals surface area contributed by atoms with Crippen LogP contribution in [-0.2, 0) is 11.0 Å². The molecule has 1 amide bonds. The number of hydrogen-bond donors (Lipinski definition) is 2. The molecule has 1 aliphatic heterocycles. The second-order valence-electron chi connectivity index (χ2n) is 5.40. The third-order valence-corrected chi connectivity index (χ3v) is 5.57. The number of thioether (sulfide) groups is 1. The molecular formula is C17H9Br2F3N2O2S. The van der Waals surface area contributed by atoms with Crippen LogP contribution in [0.3, 0.4) is 0 Å². The zero-order valence-corrected chi connectivity index (χ0v) is 17.1. The quantitative estimate of drug-likeness (QED) is 0.477. The molecule has 2 aromatic carbocycles. The molecule has 0 spiro atoms. The normalized spacial score (nSPS) is 16.5. The van der Waals surface area contributed by atoms with Gasteiger partial charge in [0.15, 0.2) is 5.17 Å². The molecule has 4 nitrogen and oxygen atoms in total. The van der Waals surface area contributed by atoms with Crippen LogP contribution in [-0.4, -0.2) is 16.2 Å². The van der Waals surface area contributed by atoms with Crippen molar-refractivity contribution < 1.29 is 23.1 Å². The van der Waals surface area contributed by atoms with E-state index >= 15 is 0 Å². The zero-order valence-electron chi connectivity index (χ0n) is 13.1. The number of halogens is 5. The molecule has 2 aromatic rings. The Kier molecular flexibility index (Phi) is 5.42. The number of amidine groups is 1. The first-order valence-electron chi connectivity index (χ1n) is 7.26.